The number of esters is 1. The Morgan fingerprint density at radius 2 is 2.05 bits per heavy atom. The first kappa shape index (κ1) is 15.6. The first-order valence-electron chi connectivity index (χ1n) is 6.99. The van der Waals surface area contributed by atoms with Crippen molar-refractivity contribution in [2.24, 2.45) is 0 Å². The standard InChI is InChI=1S/C13H20N2O6/c1-20-12(18)10-8-21-6-5-15(10)13(19)14-4-2-3-9(14)7-11(16)17/h9-10H,2-8H2,1H3,(H,16,17). The molecule has 0 aromatic rings. The van der Waals surface area contributed by atoms with Crippen LogP contribution in [0.3, 0.4) is 0 Å². The molecule has 2 amide bonds. The summed E-state index contributed by atoms with van der Waals surface area (Å²) < 4.78 is 9.93. The van der Waals surface area contributed by atoms with E-state index in [0.717, 1.165) is 6.42 Å². The van der Waals surface area contributed by atoms with Crippen LogP contribution in [0.1, 0.15) is 19.3 Å². The lowest BCUT2D eigenvalue weighted by atomic mass is 10.1. The van der Waals surface area contributed by atoms with Gasteiger partial charge in [-0.2, -0.15) is 0 Å². The number of hydrogen-bond donors (Lipinski definition) is 1. The van der Waals surface area contributed by atoms with Crippen LogP contribution >= 0.6 is 0 Å². The molecule has 1 N–H and O–H groups in total. The van der Waals surface area contributed by atoms with E-state index in [-0.39, 0.29) is 25.1 Å². The van der Waals surface area contributed by atoms with Crippen LogP contribution in [0.25, 0.3) is 0 Å². The molecular weight excluding hydrogens is 280 g/mol. The number of carbonyl (C=O) groups is 3. The fraction of sp³-hybridized carbons (Fsp3) is 0.769. The number of morpholine rings is 1. The van der Waals surface area contributed by atoms with Crippen molar-refractivity contribution in [2.45, 2.75) is 31.3 Å². The zero-order valence-electron chi connectivity index (χ0n) is 12.0. The lowest BCUT2D eigenvalue weighted by molar-refractivity contribution is -0.151. The number of rotatable bonds is 3. The van der Waals surface area contributed by atoms with Gasteiger partial charge in [0.1, 0.15) is 0 Å². The first-order valence-corrected chi connectivity index (χ1v) is 6.99. The Labute approximate surface area is 122 Å². The number of methoxy groups -OCH3 is 1. The van der Waals surface area contributed by atoms with Crippen molar-refractivity contribution in [3.63, 3.8) is 0 Å². The molecule has 0 aromatic carbocycles. The third kappa shape index (κ3) is 3.44. The maximum atomic E-state index is 12.6. The molecule has 0 bridgehead atoms. The Balaban J connectivity index is 2.09. The van der Waals surface area contributed by atoms with E-state index >= 15 is 0 Å². The normalized spacial score (nSPS) is 25.8. The minimum absolute atomic E-state index is 0.0705. The lowest BCUT2D eigenvalue weighted by Crippen LogP contribution is -2.57. The molecule has 2 aliphatic heterocycles. The summed E-state index contributed by atoms with van der Waals surface area (Å²) in [6.45, 7) is 1.28. The van der Waals surface area contributed by atoms with Crippen molar-refractivity contribution >= 4 is 18.0 Å². The van der Waals surface area contributed by atoms with Crippen LogP contribution in [0.15, 0.2) is 0 Å². The summed E-state index contributed by atoms with van der Waals surface area (Å²) >= 11 is 0. The van der Waals surface area contributed by atoms with Gasteiger partial charge in [0.15, 0.2) is 6.04 Å². The van der Waals surface area contributed by atoms with E-state index in [2.05, 4.69) is 0 Å². The second-order valence-corrected chi connectivity index (χ2v) is 5.18. The number of carboxylic acids is 1. The number of nitrogens with zero attached hydrogens (tertiary/aromatic N) is 2. The van der Waals surface area contributed by atoms with Gasteiger partial charge in [-0.25, -0.2) is 9.59 Å². The summed E-state index contributed by atoms with van der Waals surface area (Å²) in [7, 11) is 1.27. The van der Waals surface area contributed by atoms with Crippen molar-refractivity contribution in [1.82, 2.24) is 9.80 Å². The average Bonchev–Trinajstić information content (AvgIpc) is 2.93. The number of carbonyl (C=O) groups excluding carboxylic acids is 2. The third-order valence-corrected chi connectivity index (χ3v) is 3.88. The second kappa shape index (κ2) is 6.75. The van der Waals surface area contributed by atoms with Gasteiger partial charge in [0.25, 0.3) is 0 Å². The summed E-state index contributed by atoms with van der Waals surface area (Å²) in [5, 5.41) is 8.92. The number of hydrogen-bond acceptors (Lipinski definition) is 5. The SMILES string of the molecule is COC(=O)C1COCCN1C(=O)N1CCCC1CC(=O)O. The van der Waals surface area contributed by atoms with Crippen LogP contribution in [-0.4, -0.2) is 78.4 Å². The zero-order valence-corrected chi connectivity index (χ0v) is 12.0. The molecule has 2 fully saturated rings. The van der Waals surface area contributed by atoms with Crippen molar-refractivity contribution in [2.75, 3.05) is 33.4 Å². The topological polar surface area (TPSA) is 96.4 Å². The number of carboxylic acid groups (broad SMARTS) is 1. The molecule has 2 atom stereocenters. The van der Waals surface area contributed by atoms with Gasteiger partial charge < -0.3 is 24.4 Å². The molecule has 0 aromatic heterocycles. The summed E-state index contributed by atoms with van der Waals surface area (Å²) in [4.78, 5) is 38.2. The molecule has 118 valence electrons. The van der Waals surface area contributed by atoms with E-state index in [1.165, 1.54) is 12.0 Å². The Kier molecular flexibility index (Phi) is 5.00. The summed E-state index contributed by atoms with van der Waals surface area (Å²) in [6.07, 6.45) is 1.38. The molecule has 0 saturated carbocycles. The van der Waals surface area contributed by atoms with E-state index < -0.39 is 18.0 Å². The average molecular weight is 300 g/mol. The zero-order chi connectivity index (χ0) is 15.4. The van der Waals surface area contributed by atoms with Gasteiger partial charge in [0.05, 0.1) is 26.7 Å². The molecule has 2 unspecified atom stereocenters. The molecule has 21 heavy (non-hydrogen) atoms. The van der Waals surface area contributed by atoms with Crippen molar-refractivity contribution < 1.29 is 29.0 Å². The van der Waals surface area contributed by atoms with Gasteiger partial charge in [0.2, 0.25) is 0 Å². The Morgan fingerprint density at radius 1 is 1.29 bits per heavy atom. The highest BCUT2D eigenvalue weighted by Gasteiger charge is 2.39. The fourth-order valence-corrected chi connectivity index (χ4v) is 2.83. The molecule has 2 saturated heterocycles. The maximum absolute atomic E-state index is 12.6. The van der Waals surface area contributed by atoms with Crippen LogP contribution in [0, 0.1) is 0 Å². The molecule has 2 aliphatic rings. The monoisotopic (exact) mass is 300 g/mol. The largest absolute Gasteiger partial charge is 0.481 e. The second-order valence-electron chi connectivity index (χ2n) is 5.18. The Bertz CT molecular complexity index is 427. The van der Waals surface area contributed by atoms with E-state index in [9.17, 15) is 14.4 Å². The summed E-state index contributed by atoms with van der Waals surface area (Å²) in [6, 6.07) is -1.38. The van der Waals surface area contributed by atoms with Crippen LogP contribution in [0.4, 0.5) is 4.79 Å². The van der Waals surface area contributed by atoms with Gasteiger partial charge in [-0.1, -0.05) is 0 Å². The summed E-state index contributed by atoms with van der Waals surface area (Å²) in [5.74, 6) is -1.44. The summed E-state index contributed by atoms with van der Waals surface area (Å²) in [5.41, 5.74) is 0. The van der Waals surface area contributed by atoms with E-state index in [1.54, 1.807) is 4.90 Å². The van der Waals surface area contributed by atoms with Gasteiger partial charge in [-0.05, 0) is 12.8 Å². The smallest absolute Gasteiger partial charge is 0.331 e. The number of aliphatic carboxylic acids is 1. The molecule has 2 heterocycles. The number of urea groups is 1. The van der Waals surface area contributed by atoms with Crippen LogP contribution in [-0.2, 0) is 19.1 Å². The number of likely N-dealkylation sites (tertiary alicyclic amines) is 1. The Morgan fingerprint density at radius 3 is 2.71 bits per heavy atom. The fourth-order valence-electron chi connectivity index (χ4n) is 2.83. The first-order chi connectivity index (χ1) is 10.0. The van der Waals surface area contributed by atoms with Crippen LogP contribution in [0.2, 0.25) is 0 Å². The van der Waals surface area contributed by atoms with Crippen LogP contribution in [0.5, 0.6) is 0 Å². The highest BCUT2D eigenvalue weighted by molar-refractivity contribution is 5.84. The molecule has 0 aliphatic carbocycles. The van der Waals surface area contributed by atoms with E-state index in [0.29, 0.717) is 26.1 Å². The van der Waals surface area contributed by atoms with Gasteiger partial charge in [0, 0.05) is 19.1 Å². The molecule has 2 rings (SSSR count). The number of amides is 2. The molecular formula is C13H20N2O6. The quantitative estimate of drug-likeness (QED) is 0.732. The van der Waals surface area contributed by atoms with Crippen molar-refractivity contribution in [3.8, 4) is 0 Å². The molecule has 8 nitrogen and oxygen atoms in total. The Hall–Kier alpha value is -1.83. The van der Waals surface area contributed by atoms with Crippen LogP contribution < -0.4 is 0 Å². The van der Waals surface area contributed by atoms with E-state index in [4.69, 9.17) is 14.6 Å². The molecule has 0 radical (unpaired) electrons. The highest BCUT2D eigenvalue weighted by atomic mass is 16.5. The minimum Gasteiger partial charge on any atom is -0.481 e. The number of ether oxygens (including phenoxy) is 2. The van der Waals surface area contributed by atoms with Gasteiger partial charge in [-0.15, -0.1) is 0 Å². The van der Waals surface area contributed by atoms with Crippen molar-refractivity contribution in [3.05, 3.63) is 0 Å². The highest BCUT2D eigenvalue weighted by Crippen LogP contribution is 2.23. The van der Waals surface area contributed by atoms with Crippen molar-refractivity contribution in [1.29, 1.82) is 0 Å². The lowest BCUT2D eigenvalue weighted by Gasteiger charge is -2.37. The van der Waals surface area contributed by atoms with Gasteiger partial charge in [-0.3, -0.25) is 4.79 Å². The maximum Gasteiger partial charge on any atom is 0.331 e. The van der Waals surface area contributed by atoms with Gasteiger partial charge >= 0.3 is 18.0 Å². The molecule has 8 heteroatoms. The predicted molar refractivity (Wildman–Crippen MR) is 70.7 cm³/mol. The predicted octanol–water partition coefficient (Wildman–Crippen LogP) is -0.0807. The molecule has 0 spiro atoms. The van der Waals surface area contributed by atoms with E-state index in [1.807, 2.05) is 0 Å². The minimum atomic E-state index is -0.925. The third-order valence-electron chi connectivity index (χ3n) is 3.88.